The lowest BCUT2D eigenvalue weighted by Crippen LogP contribution is -2.44. The van der Waals surface area contributed by atoms with Crippen LogP contribution in [0.1, 0.15) is 12.8 Å². The third-order valence-electron chi connectivity index (χ3n) is 2.03. The van der Waals surface area contributed by atoms with E-state index in [9.17, 15) is 19.5 Å². The first kappa shape index (κ1) is 16.3. The minimum atomic E-state index is -2.37. The van der Waals surface area contributed by atoms with Gasteiger partial charge in [-0.15, -0.1) is 0 Å². The van der Waals surface area contributed by atoms with Crippen molar-refractivity contribution in [2.45, 2.75) is 18.4 Å². The zero-order valence-corrected chi connectivity index (χ0v) is 10.2. The van der Waals surface area contributed by atoms with E-state index in [4.69, 9.17) is 5.11 Å². The van der Waals surface area contributed by atoms with Gasteiger partial charge in [0.25, 0.3) is 0 Å². The molecular formula is C10H16O8. The molecule has 0 unspecified atom stereocenters. The molecule has 0 heterocycles. The lowest BCUT2D eigenvalue weighted by atomic mass is 9.95. The van der Waals surface area contributed by atoms with Crippen LogP contribution >= 0.6 is 0 Å². The summed E-state index contributed by atoms with van der Waals surface area (Å²) in [6, 6.07) is 0. The van der Waals surface area contributed by atoms with Crippen LogP contribution in [0.15, 0.2) is 0 Å². The van der Waals surface area contributed by atoms with Crippen molar-refractivity contribution in [1.82, 2.24) is 0 Å². The van der Waals surface area contributed by atoms with Gasteiger partial charge in [0.05, 0.1) is 33.7 Å². The van der Waals surface area contributed by atoms with Gasteiger partial charge in [-0.2, -0.15) is 0 Å². The highest BCUT2D eigenvalue weighted by Gasteiger charge is 2.43. The summed E-state index contributed by atoms with van der Waals surface area (Å²) in [5.41, 5.74) is -2.37. The van der Waals surface area contributed by atoms with Crippen molar-refractivity contribution < 1.29 is 38.8 Å². The fourth-order valence-electron chi connectivity index (χ4n) is 1.10. The molecular weight excluding hydrogens is 248 g/mol. The monoisotopic (exact) mass is 264 g/mol. The lowest BCUT2D eigenvalue weighted by Gasteiger charge is -2.23. The second kappa shape index (κ2) is 7.62. The van der Waals surface area contributed by atoms with Crippen LogP contribution in [0.2, 0.25) is 0 Å². The average molecular weight is 264 g/mol. The Morgan fingerprint density at radius 3 is 1.83 bits per heavy atom. The number of aliphatic hydroxyl groups excluding tert-OH is 1. The van der Waals surface area contributed by atoms with E-state index in [1.165, 1.54) is 0 Å². The summed E-state index contributed by atoms with van der Waals surface area (Å²) in [7, 11) is 2.14. The molecule has 0 aromatic heterocycles. The van der Waals surface area contributed by atoms with Crippen LogP contribution in [0.3, 0.4) is 0 Å². The lowest BCUT2D eigenvalue weighted by molar-refractivity contribution is -0.177. The van der Waals surface area contributed by atoms with E-state index in [1.807, 2.05) is 0 Å². The molecule has 0 rings (SSSR count). The predicted octanol–water partition coefficient (Wildman–Crippen LogP) is -1.62. The van der Waals surface area contributed by atoms with Crippen LogP contribution in [-0.4, -0.2) is 61.2 Å². The van der Waals surface area contributed by atoms with E-state index in [2.05, 4.69) is 14.2 Å². The SMILES string of the molecule is COC(=O)CC(O)(CC(=O)OC)C(=O)OCCO. The zero-order valence-electron chi connectivity index (χ0n) is 10.2. The number of esters is 3. The normalized spacial score (nSPS) is 10.7. The molecule has 2 N–H and O–H groups in total. The minimum absolute atomic E-state index is 0.358. The van der Waals surface area contributed by atoms with E-state index in [0.29, 0.717) is 0 Å². The number of carbonyl (C=O) groups is 3. The summed E-state index contributed by atoms with van der Waals surface area (Å²) in [5.74, 6) is -2.97. The van der Waals surface area contributed by atoms with Crippen molar-refractivity contribution in [2.24, 2.45) is 0 Å². The number of carbonyl (C=O) groups excluding carboxylic acids is 3. The van der Waals surface area contributed by atoms with Crippen molar-refractivity contribution >= 4 is 17.9 Å². The molecule has 0 aromatic carbocycles. The van der Waals surface area contributed by atoms with Gasteiger partial charge in [0, 0.05) is 0 Å². The summed E-state index contributed by atoms with van der Waals surface area (Å²) < 4.78 is 13.1. The molecule has 0 aliphatic carbocycles. The standard InChI is InChI=1S/C10H16O8/c1-16-7(12)5-10(15,6-8(13)17-2)9(14)18-4-3-11/h11,15H,3-6H2,1-2H3. The first-order valence-electron chi connectivity index (χ1n) is 5.03. The first-order chi connectivity index (χ1) is 8.39. The Morgan fingerprint density at radius 2 is 1.50 bits per heavy atom. The third-order valence-corrected chi connectivity index (χ3v) is 2.03. The maximum absolute atomic E-state index is 11.5. The van der Waals surface area contributed by atoms with Crippen LogP contribution < -0.4 is 0 Å². The summed E-state index contributed by atoms with van der Waals surface area (Å²) in [6.45, 7) is -0.804. The van der Waals surface area contributed by atoms with Crippen LogP contribution in [-0.2, 0) is 28.6 Å². The molecule has 104 valence electrons. The number of rotatable bonds is 7. The third kappa shape index (κ3) is 5.11. The summed E-state index contributed by atoms with van der Waals surface area (Å²) in [5, 5.41) is 18.4. The summed E-state index contributed by atoms with van der Waals surface area (Å²) in [4.78, 5) is 33.7. The maximum Gasteiger partial charge on any atom is 0.339 e. The highest BCUT2D eigenvalue weighted by Crippen LogP contribution is 2.19. The Hall–Kier alpha value is -1.67. The first-order valence-corrected chi connectivity index (χ1v) is 5.03. The van der Waals surface area contributed by atoms with E-state index >= 15 is 0 Å². The van der Waals surface area contributed by atoms with Crippen LogP contribution in [0.5, 0.6) is 0 Å². The Labute approximate surface area is 103 Å². The topological polar surface area (TPSA) is 119 Å². The van der Waals surface area contributed by atoms with Gasteiger partial charge in [-0.3, -0.25) is 9.59 Å². The molecule has 0 saturated carbocycles. The average Bonchev–Trinajstić information content (AvgIpc) is 2.35. The highest BCUT2D eigenvalue weighted by atomic mass is 16.6. The van der Waals surface area contributed by atoms with Gasteiger partial charge in [0.1, 0.15) is 6.61 Å². The Kier molecular flexibility index (Phi) is 6.91. The van der Waals surface area contributed by atoms with Crippen molar-refractivity contribution in [1.29, 1.82) is 0 Å². The van der Waals surface area contributed by atoms with Crippen molar-refractivity contribution in [3.8, 4) is 0 Å². The van der Waals surface area contributed by atoms with Gasteiger partial charge in [-0.25, -0.2) is 4.79 Å². The van der Waals surface area contributed by atoms with E-state index in [-0.39, 0.29) is 6.61 Å². The van der Waals surface area contributed by atoms with Crippen molar-refractivity contribution in [2.75, 3.05) is 27.4 Å². The molecule has 0 amide bonds. The van der Waals surface area contributed by atoms with E-state index in [1.54, 1.807) is 0 Å². The number of ether oxygens (including phenoxy) is 3. The van der Waals surface area contributed by atoms with Gasteiger partial charge < -0.3 is 24.4 Å². The zero-order chi connectivity index (χ0) is 14.2. The molecule has 0 fully saturated rings. The fourth-order valence-corrected chi connectivity index (χ4v) is 1.10. The number of hydrogen-bond donors (Lipinski definition) is 2. The Morgan fingerprint density at radius 1 is 1.06 bits per heavy atom. The summed E-state index contributed by atoms with van der Waals surface area (Å²) in [6.07, 6.45) is -1.49. The fraction of sp³-hybridized carbons (Fsp3) is 0.700. The Bertz CT molecular complexity index is 293. The van der Waals surface area contributed by atoms with Crippen LogP contribution in [0.25, 0.3) is 0 Å². The molecule has 0 aliphatic rings. The van der Waals surface area contributed by atoms with Gasteiger partial charge in [-0.05, 0) is 0 Å². The molecule has 0 aromatic rings. The maximum atomic E-state index is 11.5. The molecule has 0 atom stereocenters. The molecule has 0 saturated heterocycles. The van der Waals surface area contributed by atoms with Crippen molar-refractivity contribution in [3.63, 3.8) is 0 Å². The highest BCUT2D eigenvalue weighted by molar-refractivity contribution is 5.90. The van der Waals surface area contributed by atoms with Crippen LogP contribution in [0.4, 0.5) is 0 Å². The van der Waals surface area contributed by atoms with Crippen molar-refractivity contribution in [3.05, 3.63) is 0 Å². The second-order valence-electron chi connectivity index (χ2n) is 3.40. The van der Waals surface area contributed by atoms with E-state index < -0.39 is 43.0 Å². The number of hydrogen-bond acceptors (Lipinski definition) is 8. The quantitative estimate of drug-likeness (QED) is 0.416. The smallest absolute Gasteiger partial charge is 0.339 e. The number of methoxy groups -OCH3 is 2. The molecule has 0 spiro atoms. The molecule has 18 heavy (non-hydrogen) atoms. The van der Waals surface area contributed by atoms with Gasteiger partial charge in [-0.1, -0.05) is 0 Å². The molecule has 8 heteroatoms. The molecule has 0 bridgehead atoms. The second-order valence-corrected chi connectivity index (χ2v) is 3.40. The largest absolute Gasteiger partial charge is 0.469 e. The Balaban J connectivity index is 4.83. The van der Waals surface area contributed by atoms with Crippen LogP contribution in [0, 0.1) is 0 Å². The predicted molar refractivity (Wildman–Crippen MR) is 56.3 cm³/mol. The molecule has 8 nitrogen and oxygen atoms in total. The number of aliphatic hydroxyl groups is 2. The molecule has 0 aliphatic heterocycles. The summed E-state index contributed by atoms with van der Waals surface area (Å²) >= 11 is 0. The van der Waals surface area contributed by atoms with Gasteiger partial charge in [0.2, 0.25) is 0 Å². The van der Waals surface area contributed by atoms with Gasteiger partial charge >= 0.3 is 17.9 Å². The van der Waals surface area contributed by atoms with Gasteiger partial charge in [0.15, 0.2) is 5.60 Å². The molecule has 0 radical (unpaired) electrons. The minimum Gasteiger partial charge on any atom is -0.469 e. The van der Waals surface area contributed by atoms with E-state index in [0.717, 1.165) is 14.2 Å².